The topological polar surface area (TPSA) is 21.6 Å². The van der Waals surface area contributed by atoms with Crippen molar-refractivity contribution in [3.05, 3.63) is 45.5 Å². The molecule has 80 valence electrons. The highest BCUT2D eigenvalue weighted by molar-refractivity contribution is 6.55. The van der Waals surface area contributed by atoms with Gasteiger partial charge in [0.25, 0.3) is 0 Å². The summed E-state index contributed by atoms with van der Waals surface area (Å²) in [6.45, 7) is 0. The van der Waals surface area contributed by atoms with Gasteiger partial charge >= 0.3 is 0 Å². The zero-order chi connectivity index (χ0) is 11.3. The quantitative estimate of drug-likeness (QED) is 0.584. The van der Waals surface area contributed by atoms with Crippen LogP contribution >= 0.6 is 34.8 Å². The lowest BCUT2D eigenvalue weighted by Gasteiger charge is -2.03. The van der Waals surface area contributed by atoms with Gasteiger partial charge in [-0.1, -0.05) is 34.8 Å². The van der Waals surface area contributed by atoms with Crippen molar-refractivity contribution >= 4 is 40.7 Å². The van der Waals surface area contributed by atoms with E-state index in [4.69, 9.17) is 39.5 Å². The standard InChI is InChI=1S/C10H8Cl3NO/c1-15-10(14-6-9(12)13)7-2-4-8(11)5-3-7/h2-6H,1H3. The summed E-state index contributed by atoms with van der Waals surface area (Å²) >= 11 is 16.6. The number of nitrogens with zero attached hydrogens (tertiary/aromatic N) is 1. The average molecular weight is 265 g/mol. The van der Waals surface area contributed by atoms with Gasteiger partial charge in [0.2, 0.25) is 5.90 Å². The molecule has 0 atom stereocenters. The highest BCUT2D eigenvalue weighted by Crippen LogP contribution is 2.12. The third kappa shape index (κ3) is 4.12. The monoisotopic (exact) mass is 263 g/mol. The van der Waals surface area contributed by atoms with Crippen LogP contribution in [0.3, 0.4) is 0 Å². The Kier molecular flexibility index (Phi) is 4.95. The fraction of sp³-hybridized carbons (Fsp3) is 0.100. The fourth-order valence-corrected chi connectivity index (χ4v) is 1.17. The molecule has 0 saturated heterocycles. The van der Waals surface area contributed by atoms with E-state index in [0.717, 1.165) is 5.56 Å². The molecule has 0 amide bonds. The van der Waals surface area contributed by atoms with E-state index in [-0.39, 0.29) is 4.49 Å². The van der Waals surface area contributed by atoms with Crippen molar-refractivity contribution in [1.82, 2.24) is 0 Å². The van der Waals surface area contributed by atoms with Gasteiger partial charge < -0.3 is 4.74 Å². The molecule has 0 bridgehead atoms. The van der Waals surface area contributed by atoms with Crippen LogP contribution < -0.4 is 0 Å². The van der Waals surface area contributed by atoms with Crippen molar-refractivity contribution in [2.75, 3.05) is 7.11 Å². The van der Waals surface area contributed by atoms with Gasteiger partial charge in [0.1, 0.15) is 4.49 Å². The van der Waals surface area contributed by atoms with Gasteiger partial charge in [-0.15, -0.1) is 0 Å². The number of ether oxygens (including phenoxy) is 1. The summed E-state index contributed by atoms with van der Waals surface area (Å²) in [5.41, 5.74) is 0.799. The van der Waals surface area contributed by atoms with Gasteiger partial charge in [-0.3, -0.25) is 0 Å². The Morgan fingerprint density at radius 3 is 2.33 bits per heavy atom. The number of hydrogen-bond donors (Lipinski definition) is 0. The summed E-state index contributed by atoms with van der Waals surface area (Å²) in [5, 5.41) is 0.653. The van der Waals surface area contributed by atoms with Gasteiger partial charge in [-0.05, 0) is 24.3 Å². The number of hydrogen-bond acceptors (Lipinski definition) is 2. The molecular formula is C10H8Cl3NO. The summed E-state index contributed by atoms with van der Waals surface area (Å²) in [6.07, 6.45) is 1.30. The fourth-order valence-electron chi connectivity index (χ4n) is 0.945. The summed E-state index contributed by atoms with van der Waals surface area (Å²) in [7, 11) is 1.52. The first kappa shape index (κ1) is 12.4. The molecule has 0 saturated carbocycles. The summed E-state index contributed by atoms with van der Waals surface area (Å²) < 4.78 is 5.14. The summed E-state index contributed by atoms with van der Waals surface area (Å²) in [4.78, 5) is 3.97. The van der Waals surface area contributed by atoms with E-state index in [1.165, 1.54) is 13.3 Å². The lowest BCUT2D eigenvalue weighted by atomic mass is 10.2. The van der Waals surface area contributed by atoms with Crippen LogP contribution in [-0.4, -0.2) is 13.0 Å². The molecule has 5 heteroatoms. The lowest BCUT2D eigenvalue weighted by molar-refractivity contribution is 0.405. The molecule has 0 N–H and O–H groups in total. The van der Waals surface area contributed by atoms with Crippen molar-refractivity contribution < 1.29 is 4.74 Å². The predicted molar refractivity (Wildman–Crippen MR) is 64.8 cm³/mol. The smallest absolute Gasteiger partial charge is 0.220 e. The third-order valence-corrected chi connectivity index (χ3v) is 2.01. The molecule has 0 heterocycles. The van der Waals surface area contributed by atoms with Gasteiger partial charge in [-0.2, -0.15) is 0 Å². The summed E-state index contributed by atoms with van der Waals surface area (Å²) in [5.74, 6) is 0.422. The molecule has 0 aliphatic rings. The molecule has 1 aromatic carbocycles. The SMILES string of the molecule is COC(=NC=C(Cl)Cl)c1ccc(Cl)cc1. The molecule has 0 fully saturated rings. The highest BCUT2D eigenvalue weighted by Gasteiger charge is 2.01. The van der Waals surface area contributed by atoms with Crippen LogP contribution in [0, 0.1) is 0 Å². The largest absolute Gasteiger partial charge is 0.481 e. The molecule has 0 aromatic heterocycles. The van der Waals surface area contributed by atoms with Crippen LogP contribution in [-0.2, 0) is 4.74 Å². The molecule has 2 nitrogen and oxygen atoms in total. The molecule has 0 aliphatic carbocycles. The van der Waals surface area contributed by atoms with E-state index in [1.54, 1.807) is 24.3 Å². The first-order valence-electron chi connectivity index (χ1n) is 4.02. The molecule has 0 spiro atoms. The molecular weight excluding hydrogens is 256 g/mol. The van der Waals surface area contributed by atoms with Gasteiger partial charge in [-0.25, -0.2) is 4.99 Å². The molecule has 15 heavy (non-hydrogen) atoms. The summed E-state index contributed by atoms with van der Waals surface area (Å²) in [6, 6.07) is 7.08. The first-order valence-corrected chi connectivity index (χ1v) is 5.16. The maximum absolute atomic E-state index is 5.75. The highest BCUT2D eigenvalue weighted by atomic mass is 35.5. The van der Waals surface area contributed by atoms with E-state index in [2.05, 4.69) is 4.99 Å². The maximum Gasteiger partial charge on any atom is 0.220 e. The zero-order valence-electron chi connectivity index (χ0n) is 7.88. The number of halogens is 3. The van der Waals surface area contributed by atoms with E-state index < -0.39 is 0 Å². The lowest BCUT2D eigenvalue weighted by Crippen LogP contribution is -2.02. The van der Waals surface area contributed by atoms with Crippen LogP contribution in [0.25, 0.3) is 0 Å². The first-order chi connectivity index (χ1) is 7.13. The van der Waals surface area contributed by atoms with Gasteiger partial charge in [0.05, 0.1) is 13.3 Å². The Balaban J connectivity index is 2.97. The molecule has 1 rings (SSSR count). The van der Waals surface area contributed by atoms with Crippen molar-refractivity contribution in [1.29, 1.82) is 0 Å². The second-order valence-corrected chi connectivity index (χ2v) is 4.01. The Bertz CT molecular complexity index is 380. The Morgan fingerprint density at radius 1 is 1.27 bits per heavy atom. The van der Waals surface area contributed by atoms with Crippen molar-refractivity contribution in [2.45, 2.75) is 0 Å². The van der Waals surface area contributed by atoms with Crippen molar-refractivity contribution in [3.8, 4) is 0 Å². The Morgan fingerprint density at radius 2 is 1.87 bits per heavy atom. The number of methoxy groups -OCH3 is 1. The van der Waals surface area contributed by atoms with Crippen LogP contribution in [0.1, 0.15) is 5.56 Å². The Labute approximate surface area is 103 Å². The molecule has 0 unspecified atom stereocenters. The van der Waals surface area contributed by atoms with Crippen LogP contribution in [0.5, 0.6) is 0 Å². The van der Waals surface area contributed by atoms with Crippen LogP contribution in [0.2, 0.25) is 5.02 Å². The zero-order valence-corrected chi connectivity index (χ0v) is 10.1. The van der Waals surface area contributed by atoms with Crippen molar-refractivity contribution in [3.63, 3.8) is 0 Å². The third-order valence-electron chi connectivity index (χ3n) is 1.56. The van der Waals surface area contributed by atoms with Crippen LogP contribution in [0.15, 0.2) is 39.9 Å². The average Bonchev–Trinajstić information content (AvgIpc) is 2.21. The Hall–Kier alpha value is -0.700. The van der Waals surface area contributed by atoms with E-state index in [9.17, 15) is 0 Å². The minimum Gasteiger partial charge on any atom is -0.481 e. The number of aliphatic imine (C=N–C) groups is 1. The normalized spacial score (nSPS) is 11.1. The van der Waals surface area contributed by atoms with E-state index in [0.29, 0.717) is 10.9 Å². The van der Waals surface area contributed by atoms with Crippen LogP contribution in [0.4, 0.5) is 0 Å². The maximum atomic E-state index is 5.75. The second-order valence-electron chi connectivity index (χ2n) is 2.56. The molecule has 0 aliphatic heterocycles. The second kappa shape index (κ2) is 6.01. The molecule has 1 aromatic rings. The minimum atomic E-state index is 0.0681. The van der Waals surface area contributed by atoms with E-state index >= 15 is 0 Å². The van der Waals surface area contributed by atoms with Gasteiger partial charge in [0, 0.05) is 10.6 Å². The number of benzene rings is 1. The van der Waals surface area contributed by atoms with E-state index in [1.807, 2.05) is 0 Å². The van der Waals surface area contributed by atoms with Crippen molar-refractivity contribution in [2.24, 2.45) is 4.99 Å². The minimum absolute atomic E-state index is 0.0681. The van der Waals surface area contributed by atoms with Gasteiger partial charge in [0.15, 0.2) is 0 Å². The predicted octanol–water partition coefficient (Wildman–Crippen LogP) is 4.01. The molecule has 0 radical (unpaired) electrons. The number of rotatable bonds is 2.